The van der Waals surface area contributed by atoms with Gasteiger partial charge in [-0.3, -0.25) is 0 Å². The number of aromatic carboxylic acids is 1. The molecule has 7 heteroatoms. The summed E-state index contributed by atoms with van der Waals surface area (Å²) in [5, 5.41) is 16.3. The third-order valence-electron chi connectivity index (χ3n) is 2.50. The molecule has 2 rings (SSSR count). The van der Waals surface area contributed by atoms with Gasteiger partial charge in [0.05, 0.1) is 19.4 Å². The summed E-state index contributed by atoms with van der Waals surface area (Å²) in [7, 11) is 0. The molecule has 0 saturated heterocycles. The second-order valence-electron chi connectivity index (χ2n) is 3.85. The number of ether oxygens (including phenoxy) is 2. The quantitative estimate of drug-likeness (QED) is 0.865. The fourth-order valence-electron chi connectivity index (χ4n) is 1.69. The molecule has 0 aliphatic rings. The number of benzene rings is 1. The van der Waals surface area contributed by atoms with Gasteiger partial charge in [-0.05, 0) is 26.0 Å². The van der Waals surface area contributed by atoms with Crippen molar-refractivity contribution in [3.63, 3.8) is 0 Å². The van der Waals surface area contributed by atoms with Crippen LogP contribution in [0.2, 0.25) is 0 Å². The molecule has 0 atom stereocenters. The van der Waals surface area contributed by atoms with Crippen LogP contribution in [0.15, 0.2) is 24.4 Å². The molecule has 0 saturated carbocycles. The number of rotatable bonds is 6. The van der Waals surface area contributed by atoms with E-state index in [9.17, 15) is 4.79 Å². The van der Waals surface area contributed by atoms with E-state index in [1.807, 2.05) is 13.8 Å². The van der Waals surface area contributed by atoms with E-state index in [2.05, 4.69) is 10.3 Å². The van der Waals surface area contributed by atoms with Crippen LogP contribution in [0.4, 0.5) is 0 Å². The highest BCUT2D eigenvalue weighted by Gasteiger charge is 2.13. The molecule has 7 nitrogen and oxygen atoms in total. The van der Waals surface area contributed by atoms with Crippen LogP contribution in [0.25, 0.3) is 5.69 Å². The maximum absolute atomic E-state index is 10.9. The van der Waals surface area contributed by atoms with Crippen LogP contribution in [0, 0.1) is 0 Å². The van der Waals surface area contributed by atoms with Crippen LogP contribution in [0.3, 0.4) is 0 Å². The third-order valence-corrected chi connectivity index (χ3v) is 2.50. The standard InChI is InChI=1S/C13H15N3O4/c1-3-19-9-5-6-12(20-4-2)11(7-9)16-8-10(13(17)18)14-15-16/h5-8H,3-4H2,1-2H3,(H,17,18). The average molecular weight is 277 g/mol. The summed E-state index contributed by atoms with van der Waals surface area (Å²) in [6, 6.07) is 5.27. The maximum Gasteiger partial charge on any atom is 0.358 e. The molecule has 106 valence electrons. The predicted octanol–water partition coefficient (Wildman–Crippen LogP) is 1.76. The molecule has 20 heavy (non-hydrogen) atoms. The van der Waals surface area contributed by atoms with Gasteiger partial charge in [0, 0.05) is 6.07 Å². The number of aromatic nitrogens is 3. The van der Waals surface area contributed by atoms with Crippen LogP contribution in [0.1, 0.15) is 24.3 Å². The van der Waals surface area contributed by atoms with Gasteiger partial charge in [0.1, 0.15) is 17.2 Å². The van der Waals surface area contributed by atoms with Crippen molar-refractivity contribution in [3.8, 4) is 17.2 Å². The minimum atomic E-state index is -1.13. The Morgan fingerprint density at radius 1 is 1.30 bits per heavy atom. The summed E-state index contributed by atoms with van der Waals surface area (Å²) in [5.41, 5.74) is 0.451. The zero-order valence-corrected chi connectivity index (χ0v) is 11.2. The Hall–Kier alpha value is -2.57. The van der Waals surface area contributed by atoms with Gasteiger partial charge in [0.15, 0.2) is 5.69 Å². The molecule has 0 bridgehead atoms. The predicted molar refractivity (Wildman–Crippen MR) is 70.7 cm³/mol. The molecular formula is C13H15N3O4. The van der Waals surface area contributed by atoms with E-state index in [0.717, 1.165) is 0 Å². The summed E-state index contributed by atoms with van der Waals surface area (Å²) >= 11 is 0. The van der Waals surface area contributed by atoms with E-state index in [1.54, 1.807) is 18.2 Å². The largest absolute Gasteiger partial charge is 0.494 e. The van der Waals surface area contributed by atoms with Crippen LogP contribution < -0.4 is 9.47 Å². The summed E-state index contributed by atoms with van der Waals surface area (Å²) in [4.78, 5) is 10.9. The number of hydrogen-bond acceptors (Lipinski definition) is 5. The summed E-state index contributed by atoms with van der Waals surface area (Å²) in [6.07, 6.45) is 1.33. The third kappa shape index (κ3) is 2.87. The lowest BCUT2D eigenvalue weighted by Crippen LogP contribution is -2.02. The lowest BCUT2D eigenvalue weighted by atomic mass is 10.2. The second-order valence-corrected chi connectivity index (χ2v) is 3.85. The summed E-state index contributed by atoms with van der Waals surface area (Å²) in [6.45, 7) is 4.77. The molecule has 0 radical (unpaired) electrons. The van der Waals surface area contributed by atoms with E-state index in [4.69, 9.17) is 14.6 Å². The second kappa shape index (κ2) is 6.05. The zero-order chi connectivity index (χ0) is 14.5. The van der Waals surface area contributed by atoms with E-state index in [0.29, 0.717) is 30.4 Å². The fraction of sp³-hybridized carbons (Fsp3) is 0.308. The highest BCUT2D eigenvalue weighted by atomic mass is 16.5. The first-order valence-corrected chi connectivity index (χ1v) is 6.21. The summed E-state index contributed by atoms with van der Waals surface area (Å²) < 4.78 is 12.3. The molecule has 0 amide bonds. The van der Waals surface area contributed by atoms with Crippen molar-refractivity contribution < 1.29 is 19.4 Å². The Morgan fingerprint density at radius 3 is 2.65 bits per heavy atom. The first-order chi connectivity index (χ1) is 9.65. The minimum Gasteiger partial charge on any atom is -0.494 e. The molecule has 1 N–H and O–H groups in total. The van der Waals surface area contributed by atoms with Gasteiger partial charge >= 0.3 is 5.97 Å². The van der Waals surface area contributed by atoms with Crippen LogP contribution >= 0.6 is 0 Å². The van der Waals surface area contributed by atoms with Gasteiger partial charge in [-0.25, -0.2) is 9.48 Å². The van der Waals surface area contributed by atoms with Crippen molar-refractivity contribution in [2.24, 2.45) is 0 Å². The van der Waals surface area contributed by atoms with Crippen molar-refractivity contribution in [2.45, 2.75) is 13.8 Å². The maximum atomic E-state index is 10.9. The average Bonchev–Trinajstić information content (AvgIpc) is 2.91. The van der Waals surface area contributed by atoms with E-state index in [-0.39, 0.29) is 5.69 Å². The first-order valence-electron chi connectivity index (χ1n) is 6.21. The number of carbonyl (C=O) groups is 1. The van der Waals surface area contributed by atoms with Gasteiger partial charge in [-0.15, -0.1) is 5.10 Å². The molecule has 0 aliphatic heterocycles. The molecule has 1 aromatic carbocycles. The van der Waals surface area contributed by atoms with E-state index in [1.165, 1.54) is 10.9 Å². The number of carboxylic acids is 1. The fourth-order valence-corrected chi connectivity index (χ4v) is 1.69. The highest BCUT2D eigenvalue weighted by molar-refractivity contribution is 5.84. The number of carboxylic acid groups (broad SMARTS) is 1. The zero-order valence-electron chi connectivity index (χ0n) is 11.2. The first kappa shape index (κ1) is 13.9. The van der Waals surface area contributed by atoms with Crippen molar-refractivity contribution in [2.75, 3.05) is 13.2 Å². The van der Waals surface area contributed by atoms with Crippen LogP contribution in [0.5, 0.6) is 11.5 Å². The molecule has 0 fully saturated rings. The van der Waals surface area contributed by atoms with Crippen molar-refractivity contribution >= 4 is 5.97 Å². The van der Waals surface area contributed by atoms with Crippen molar-refractivity contribution in [1.29, 1.82) is 0 Å². The Kier molecular flexibility index (Phi) is 4.19. The smallest absolute Gasteiger partial charge is 0.358 e. The number of nitrogens with zero attached hydrogens (tertiary/aromatic N) is 3. The highest BCUT2D eigenvalue weighted by Crippen LogP contribution is 2.27. The Labute approximate surface area is 115 Å². The lowest BCUT2D eigenvalue weighted by molar-refractivity contribution is 0.0690. The molecule has 2 aromatic rings. The number of hydrogen-bond donors (Lipinski definition) is 1. The Balaban J connectivity index is 2.44. The normalized spacial score (nSPS) is 10.3. The molecule has 0 spiro atoms. The molecule has 0 unspecified atom stereocenters. The van der Waals surface area contributed by atoms with Gasteiger partial charge < -0.3 is 14.6 Å². The lowest BCUT2D eigenvalue weighted by Gasteiger charge is -2.11. The van der Waals surface area contributed by atoms with Crippen LogP contribution in [-0.4, -0.2) is 39.3 Å². The Morgan fingerprint density at radius 2 is 2.05 bits per heavy atom. The van der Waals surface area contributed by atoms with Gasteiger partial charge in [-0.2, -0.15) is 0 Å². The monoisotopic (exact) mass is 277 g/mol. The van der Waals surface area contributed by atoms with Crippen molar-refractivity contribution in [1.82, 2.24) is 15.0 Å². The SMILES string of the molecule is CCOc1ccc(OCC)c(-n2cc(C(=O)O)nn2)c1. The molecule has 0 aliphatic carbocycles. The minimum absolute atomic E-state index is 0.130. The molecule has 1 aromatic heterocycles. The van der Waals surface area contributed by atoms with Gasteiger partial charge in [0.2, 0.25) is 0 Å². The molecule has 1 heterocycles. The topological polar surface area (TPSA) is 86.5 Å². The van der Waals surface area contributed by atoms with Gasteiger partial charge in [0.25, 0.3) is 0 Å². The van der Waals surface area contributed by atoms with Crippen LogP contribution in [-0.2, 0) is 0 Å². The van der Waals surface area contributed by atoms with E-state index < -0.39 is 5.97 Å². The van der Waals surface area contributed by atoms with E-state index >= 15 is 0 Å². The summed E-state index contributed by atoms with van der Waals surface area (Å²) in [5.74, 6) is 0.103. The van der Waals surface area contributed by atoms with Crippen molar-refractivity contribution in [3.05, 3.63) is 30.1 Å². The van der Waals surface area contributed by atoms with Gasteiger partial charge in [-0.1, -0.05) is 5.21 Å². The molecular weight excluding hydrogens is 262 g/mol. The Bertz CT molecular complexity index is 609.